The van der Waals surface area contributed by atoms with Crippen molar-refractivity contribution in [3.8, 4) is 0 Å². The molecule has 1 rings (SSSR count). The molecule has 6 nitrogen and oxygen atoms in total. The van der Waals surface area contributed by atoms with Crippen LogP contribution in [0.5, 0.6) is 0 Å². The SMILES string of the molecule is O=C(O)CC(O)(CCCCCCCCCCOC1CCCCC1)CC(=O)O. The van der Waals surface area contributed by atoms with Crippen LogP contribution in [0.25, 0.3) is 0 Å². The van der Waals surface area contributed by atoms with Gasteiger partial charge in [-0.2, -0.15) is 0 Å². The normalized spacial score (nSPS) is 15.7. The van der Waals surface area contributed by atoms with Crippen LogP contribution < -0.4 is 0 Å². The van der Waals surface area contributed by atoms with Crippen LogP contribution in [0, 0.1) is 0 Å². The lowest BCUT2D eigenvalue weighted by atomic mass is 9.89. The molecule has 1 fully saturated rings. The monoisotopic (exact) mass is 386 g/mol. The molecule has 1 saturated carbocycles. The lowest BCUT2D eigenvalue weighted by Gasteiger charge is -2.24. The van der Waals surface area contributed by atoms with Crippen molar-refractivity contribution in [3.05, 3.63) is 0 Å². The number of unbranched alkanes of at least 4 members (excludes halogenated alkanes) is 7. The van der Waals surface area contributed by atoms with E-state index in [0.29, 0.717) is 12.5 Å². The summed E-state index contributed by atoms with van der Waals surface area (Å²) in [5.74, 6) is -2.32. The van der Waals surface area contributed by atoms with Gasteiger partial charge in [0.05, 0.1) is 24.5 Å². The highest BCUT2D eigenvalue weighted by atomic mass is 16.5. The fraction of sp³-hybridized carbons (Fsp3) is 0.905. The minimum Gasteiger partial charge on any atom is -0.481 e. The van der Waals surface area contributed by atoms with Crippen molar-refractivity contribution in [2.24, 2.45) is 0 Å². The van der Waals surface area contributed by atoms with Crippen LogP contribution in [-0.2, 0) is 14.3 Å². The lowest BCUT2D eigenvalue weighted by molar-refractivity contribution is -0.149. The van der Waals surface area contributed by atoms with Crippen molar-refractivity contribution in [2.75, 3.05) is 6.61 Å². The van der Waals surface area contributed by atoms with Crippen LogP contribution in [0.4, 0.5) is 0 Å². The molecule has 0 spiro atoms. The van der Waals surface area contributed by atoms with E-state index in [9.17, 15) is 14.7 Å². The maximum Gasteiger partial charge on any atom is 0.306 e. The molecule has 0 aliphatic heterocycles. The van der Waals surface area contributed by atoms with E-state index in [1.165, 1.54) is 51.4 Å². The van der Waals surface area contributed by atoms with Crippen LogP contribution in [0.15, 0.2) is 0 Å². The smallest absolute Gasteiger partial charge is 0.306 e. The highest BCUT2D eigenvalue weighted by Crippen LogP contribution is 2.24. The van der Waals surface area contributed by atoms with Crippen LogP contribution >= 0.6 is 0 Å². The summed E-state index contributed by atoms with van der Waals surface area (Å²) in [5, 5.41) is 27.9. The number of aliphatic hydroxyl groups is 1. The zero-order valence-electron chi connectivity index (χ0n) is 16.7. The van der Waals surface area contributed by atoms with Gasteiger partial charge in [0.25, 0.3) is 0 Å². The third kappa shape index (κ3) is 12.8. The van der Waals surface area contributed by atoms with Gasteiger partial charge in [-0.05, 0) is 25.7 Å². The summed E-state index contributed by atoms with van der Waals surface area (Å²) in [7, 11) is 0. The summed E-state index contributed by atoms with van der Waals surface area (Å²) in [5.41, 5.74) is -1.63. The summed E-state index contributed by atoms with van der Waals surface area (Å²) in [6, 6.07) is 0. The second kappa shape index (κ2) is 13.9. The first-order chi connectivity index (χ1) is 12.9. The molecule has 27 heavy (non-hydrogen) atoms. The summed E-state index contributed by atoms with van der Waals surface area (Å²) in [6.45, 7) is 0.885. The zero-order valence-corrected chi connectivity index (χ0v) is 16.7. The molecule has 0 saturated heterocycles. The first-order valence-corrected chi connectivity index (χ1v) is 10.7. The van der Waals surface area contributed by atoms with Gasteiger partial charge in [0.15, 0.2) is 0 Å². The standard InChI is InChI=1S/C21H38O6/c22-19(23)16-21(26,17-20(24)25)14-10-5-3-1-2-4-6-11-15-27-18-12-8-7-9-13-18/h18,26H,1-17H2,(H,22,23)(H,24,25). The van der Waals surface area contributed by atoms with E-state index in [2.05, 4.69) is 0 Å². The highest BCUT2D eigenvalue weighted by molar-refractivity contribution is 5.72. The second-order valence-corrected chi connectivity index (χ2v) is 8.07. The molecule has 3 N–H and O–H groups in total. The van der Waals surface area contributed by atoms with Gasteiger partial charge < -0.3 is 20.1 Å². The van der Waals surface area contributed by atoms with Crippen LogP contribution in [0.2, 0.25) is 0 Å². The van der Waals surface area contributed by atoms with Crippen LogP contribution in [0.3, 0.4) is 0 Å². The predicted octanol–water partition coefficient (Wildman–Crippen LogP) is 4.53. The van der Waals surface area contributed by atoms with E-state index in [4.69, 9.17) is 14.9 Å². The number of carboxylic acids is 2. The van der Waals surface area contributed by atoms with Gasteiger partial charge >= 0.3 is 11.9 Å². The van der Waals surface area contributed by atoms with E-state index in [0.717, 1.165) is 32.3 Å². The van der Waals surface area contributed by atoms with Gasteiger partial charge in [0, 0.05) is 6.61 Å². The largest absolute Gasteiger partial charge is 0.481 e. The van der Waals surface area contributed by atoms with E-state index in [-0.39, 0.29) is 6.42 Å². The Morgan fingerprint density at radius 2 is 1.26 bits per heavy atom. The number of carbonyl (C=O) groups is 2. The average molecular weight is 387 g/mol. The minimum atomic E-state index is -1.63. The Morgan fingerprint density at radius 3 is 1.78 bits per heavy atom. The molecule has 0 bridgehead atoms. The third-order valence-electron chi connectivity index (χ3n) is 5.40. The molecular weight excluding hydrogens is 348 g/mol. The molecule has 0 aromatic heterocycles. The minimum absolute atomic E-state index is 0.226. The Balaban J connectivity index is 1.95. The second-order valence-electron chi connectivity index (χ2n) is 8.07. The average Bonchev–Trinajstić information content (AvgIpc) is 2.59. The molecule has 0 radical (unpaired) electrons. The van der Waals surface area contributed by atoms with Crippen molar-refractivity contribution >= 4 is 11.9 Å². The van der Waals surface area contributed by atoms with Gasteiger partial charge in [0.1, 0.15) is 0 Å². The van der Waals surface area contributed by atoms with Crippen molar-refractivity contribution in [1.29, 1.82) is 0 Å². The van der Waals surface area contributed by atoms with Crippen molar-refractivity contribution in [1.82, 2.24) is 0 Å². The summed E-state index contributed by atoms with van der Waals surface area (Å²) in [4.78, 5) is 21.6. The molecule has 1 aliphatic carbocycles. The van der Waals surface area contributed by atoms with E-state index in [1.807, 2.05) is 0 Å². The van der Waals surface area contributed by atoms with E-state index in [1.54, 1.807) is 0 Å². The molecule has 0 amide bonds. The predicted molar refractivity (Wildman–Crippen MR) is 104 cm³/mol. The number of aliphatic carboxylic acids is 2. The number of carboxylic acid groups (broad SMARTS) is 2. The van der Waals surface area contributed by atoms with Gasteiger partial charge in [0.2, 0.25) is 0 Å². The first-order valence-electron chi connectivity index (χ1n) is 10.7. The Kier molecular flexibility index (Phi) is 12.3. The molecule has 0 aromatic rings. The topological polar surface area (TPSA) is 104 Å². The summed E-state index contributed by atoms with van der Waals surface area (Å²) in [6.07, 6.45) is 14.6. The van der Waals surface area contributed by atoms with Gasteiger partial charge in [-0.3, -0.25) is 9.59 Å². The Labute approximate surface area is 163 Å². The summed E-state index contributed by atoms with van der Waals surface area (Å²) >= 11 is 0. The fourth-order valence-electron chi connectivity index (χ4n) is 3.90. The maximum absolute atomic E-state index is 10.8. The van der Waals surface area contributed by atoms with Gasteiger partial charge in [-0.25, -0.2) is 0 Å². The first kappa shape index (κ1) is 23.9. The van der Waals surface area contributed by atoms with Crippen LogP contribution in [-0.4, -0.2) is 45.6 Å². The Hall–Kier alpha value is -1.14. The maximum atomic E-state index is 10.8. The number of hydrogen-bond acceptors (Lipinski definition) is 4. The van der Waals surface area contributed by atoms with Gasteiger partial charge in [-0.1, -0.05) is 64.2 Å². The third-order valence-corrected chi connectivity index (χ3v) is 5.40. The Bertz CT molecular complexity index is 401. The van der Waals surface area contributed by atoms with Gasteiger partial charge in [-0.15, -0.1) is 0 Å². The highest BCUT2D eigenvalue weighted by Gasteiger charge is 2.32. The van der Waals surface area contributed by atoms with Crippen molar-refractivity contribution in [3.63, 3.8) is 0 Å². The number of rotatable bonds is 16. The lowest BCUT2D eigenvalue weighted by Crippen LogP contribution is -2.34. The van der Waals surface area contributed by atoms with Crippen molar-refractivity contribution < 1.29 is 29.6 Å². The fourth-order valence-corrected chi connectivity index (χ4v) is 3.90. The van der Waals surface area contributed by atoms with E-state index < -0.39 is 30.4 Å². The molecule has 6 heteroatoms. The molecule has 0 atom stereocenters. The molecule has 0 heterocycles. The number of hydrogen-bond donors (Lipinski definition) is 3. The van der Waals surface area contributed by atoms with Crippen molar-refractivity contribution in [2.45, 2.75) is 114 Å². The summed E-state index contributed by atoms with van der Waals surface area (Å²) < 4.78 is 5.92. The molecule has 0 aromatic carbocycles. The molecule has 1 aliphatic rings. The quantitative estimate of drug-likeness (QED) is 0.337. The molecular formula is C21H38O6. The zero-order chi connectivity index (χ0) is 20.0. The Morgan fingerprint density at radius 1 is 0.778 bits per heavy atom. The molecule has 158 valence electrons. The van der Waals surface area contributed by atoms with Crippen LogP contribution in [0.1, 0.15) is 103 Å². The number of ether oxygens (including phenoxy) is 1. The van der Waals surface area contributed by atoms with E-state index >= 15 is 0 Å². The molecule has 0 unspecified atom stereocenters.